The first-order valence-corrected chi connectivity index (χ1v) is 7.18. The number of hydrogen-bond donors (Lipinski definition) is 3. The average molecular weight is 363 g/mol. The number of carboxylic acids is 1. The van der Waals surface area contributed by atoms with Crippen molar-refractivity contribution in [3.8, 4) is 0 Å². The van der Waals surface area contributed by atoms with E-state index in [0.29, 0.717) is 15.8 Å². The molecule has 1 heterocycles. The van der Waals surface area contributed by atoms with Crippen LogP contribution in [0.15, 0.2) is 28.1 Å². The number of thiazole rings is 1. The van der Waals surface area contributed by atoms with Crippen molar-refractivity contribution in [1.29, 1.82) is 0 Å². The molecule has 0 saturated carbocycles. The highest BCUT2D eigenvalue weighted by molar-refractivity contribution is 9.10. The number of anilines is 2. The summed E-state index contributed by atoms with van der Waals surface area (Å²) in [5, 5.41) is 14.6. The van der Waals surface area contributed by atoms with Crippen molar-refractivity contribution >= 4 is 55.7 Å². The fourth-order valence-corrected chi connectivity index (χ4v) is 2.60. The van der Waals surface area contributed by atoms with E-state index in [1.165, 1.54) is 11.3 Å². The zero-order valence-corrected chi connectivity index (χ0v) is 12.6. The molecule has 1 aromatic heterocycles. The van der Waals surface area contributed by atoms with E-state index in [4.69, 9.17) is 22.4 Å². The zero-order valence-electron chi connectivity index (χ0n) is 9.43. The van der Waals surface area contributed by atoms with E-state index in [0.717, 1.165) is 10.2 Å². The predicted octanol–water partition coefficient (Wildman–Crippen LogP) is 3.39. The molecule has 4 N–H and O–H groups in total. The maximum Gasteiger partial charge on any atom is 0.326 e. The number of nitrogens with zero attached hydrogens (tertiary/aromatic N) is 1. The van der Waals surface area contributed by atoms with Crippen LogP contribution in [-0.4, -0.2) is 16.1 Å². The zero-order chi connectivity index (χ0) is 14.0. The Morgan fingerprint density at radius 1 is 1.58 bits per heavy atom. The first-order valence-electron chi connectivity index (χ1n) is 5.13. The largest absolute Gasteiger partial charge is 0.480 e. The lowest BCUT2D eigenvalue weighted by Crippen LogP contribution is -2.20. The molecule has 0 amide bonds. The summed E-state index contributed by atoms with van der Waals surface area (Å²) >= 11 is 10.6. The number of benzene rings is 1. The fourth-order valence-electron chi connectivity index (χ4n) is 1.32. The molecular formula is C11H9BrClN3O2S. The van der Waals surface area contributed by atoms with Crippen LogP contribution in [0, 0.1) is 0 Å². The van der Waals surface area contributed by atoms with Crippen molar-refractivity contribution in [2.24, 2.45) is 5.73 Å². The highest BCUT2D eigenvalue weighted by Gasteiger charge is 2.17. The first kappa shape index (κ1) is 14.3. The molecule has 1 atom stereocenters. The molecule has 1 aromatic carbocycles. The van der Waals surface area contributed by atoms with Crippen molar-refractivity contribution in [1.82, 2.24) is 4.98 Å². The monoisotopic (exact) mass is 361 g/mol. The quantitative estimate of drug-likeness (QED) is 0.776. The van der Waals surface area contributed by atoms with Gasteiger partial charge in [0.05, 0.1) is 11.4 Å². The van der Waals surface area contributed by atoms with Crippen LogP contribution in [0.1, 0.15) is 11.7 Å². The first-order chi connectivity index (χ1) is 8.97. The van der Waals surface area contributed by atoms with E-state index in [1.807, 2.05) is 6.07 Å². The smallest absolute Gasteiger partial charge is 0.326 e. The summed E-state index contributed by atoms with van der Waals surface area (Å²) in [6.07, 6.45) is 0. The number of nitrogens with one attached hydrogen (secondary N) is 1. The molecule has 2 rings (SSSR count). The van der Waals surface area contributed by atoms with Gasteiger partial charge in [0.15, 0.2) is 5.13 Å². The summed E-state index contributed by atoms with van der Waals surface area (Å²) < 4.78 is 0.830. The molecule has 19 heavy (non-hydrogen) atoms. The number of aromatic nitrogens is 1. The Hall–Kier alpha value is -1.15. The van der Waals surface area contributed by atoms with Gasteiger partial charge in [-0.3, -0.25) is 4.79 Å². The lowest BCUT2D eigenvalue weighted by molar-refractivity contribution is -0.138. The van der Waals surface area contributed by atoms with Gasteiger partial charge in [-0.1, -0.05) is 11.6 Å². The minimum Gasteiger partial charge on any atom is -0.480 e. The molecule has 0 spiro atoms. The van der Waals surface area contributed by atoms with Gasteiger partial charge in [-0.05, 0) is 34.1 Å². The summed E-state index contributed by atoms with van der Waals surface area (Å²) in [5.41, 5.74) is 6.55. The van der Waals surface area contributed by atoms with Crippen molar-refractivity contribution in [2.75, 3.05) is 5.32 Å². The minimum absolute atomic E-state index is 0.318. The lowest BCUT2D eigenvalue weighted by Gasteiger charge is -2.06. The summed E-state index contributed by atoms with van der Waals surface area (Å²) in [7, 11) is 0. The molecule has 8 heteroatoms. The van der Waals surface area contributed by atoms with Crippen molar-refractivity contribution in [3.63, 3.8) is 0 Å². The van der Waals surface area contributed by atoms with Gasteiger partial charge in [-0.2, -0.15) is 0 Å². The van der Waals surface area contributed by atoms with E-state index < -0.39 is 12.0 Å². The van der Waals surface area contributed by atoms with E-state index in [9.17, 15) is 4.79 Å². The second-order valence-corrected chi connectivity index (χ2v) is 5.79. The lowest BCUT2D eigenvalue weighted by atomic mass is 10.2. The van der Waals surface area contributed by atoms with Gasteiger partial charge in [-0.25, -0.2) is 4.98 Å². The van der Waals surface area contributed by atoms with E-state index in [1.54, 1.807) is 17.5 Å². The molecule has 2 aromatic rings. The Morgan fingerprint density at radius 3 is 3.00 bits per heavy atom. The van der Waals surface area contributed by atoms with Crippen LogP contribution in [0.3, 0.4) is 0 Å². The van der Waals surface area contributed by atoms with Crippen molar-refractivity contribution in [2.45, 2.75) is 6.04 Å². The maximum atomic E-state index is 10.8. The van der Waals surface area contributed by atoms with Crippen molar-refractivity contribution in [3.05, 3.63) is 38.8 Å². The molecule has 0 bridgehead atoms. The number of carboxylic acid groups (broad SMARTS) is 1. The molecule has 5 nitrogen and oxygen atoms in total. The van der Waals surface area contributed by atoms with Gasteiger partial charge in [0.2, 0.25) is 0 Å². The maximum absolute atomic E-state index is 10.8. The summed E-state index contributed by atoms with van der Waals surface area (Å²) in [5.74, 6) is -1.11. The molecule has 100 valence electrons. The van der Waals surface area contributed by atoms with Crippen LogP contribution in [0.5, 0.6) is 0 Å². The number of nitrogens with two attached hydrogens (primary N) is 1. The molecular weight excluding hydrogens is 354 g/mol. The molecule has 0 aliphatic rings. The van der Waals surface area contributed by atoms with E-state index in [2.05, 4.69) is 26.2 Å². The molecule has 0 radical (unpaired) electrons. The fraction of sp³-hybridized carbons (Fsp3) is 0.0909. The number of halogens is 2. The van der Waals surface area contributed by atoms with Gasteiger partial charge in [-0.15, -0.1) is 11.3 Å². The Kier molecular flexibility index (Phi) is 4.41. The summed E-state index contributed by atoms with van der Waals surface area (Å²) in [6.45, 7) is 0. The Labute approximate surface area is 126 Å². The topological polar surface area (TPSA) is 88.2 Å². The average Bonchev–Trinajstić information content (AvgIpc) is 2.81. The summed E-state index contributed by atoms with van der Waals surface area (Å²) in [4.78, 5) is 14.9. The number of rotatable bonds is 4. The second kappa shape index (κ2) is 5.87. The normalized spacial score (nSPS) is 12.2. The van der Waals surface area contributed by atoms with Crippen LogP contribution in [0.4, 0.5) is 10.8 Å². The number of hydrogen-bond acceptors (Lipinski definition) is 5. The standard InChI is InChI=1S/C11H9BrClN3O2S/c12-6-2-1-5(13)3-7(6)15-11-16-8(4-19-11)9(14)10(17)18/h1-4,9H,14H2,(H,15,16)(H,17,18). The molecule has 0 aliphatic carbocycles. The van der Waals surface area contributed by atoms with Gasteiger partial charge >= 0.3 is 5.97 Å². The SMILES string of the molecule is NC(C(=O)O)c1csc(Nc2cc(Cl)ccc2Br)n1. The molecule has 0 fully saturated rings. The molecule has 0 saturated heterocycles. The van der Waals surface area contributed by atoms with E-state index in [-0.39, 0.29) is 0 Å². The van der Waals surface area contributed by atoms with Crippen molar-refractivity contribution < 1.29 is 9.90 Å². The Bertz CT molecular complexity index is 620. The second-order valence-electron chi connectivity index (χ2n) is 3.64. The third kappa shape index (κ3) is 3.44. The predicted molar refractivity (Wildman–Crippen MR) is 79.1 cm³/mol. The Morgan fingerprint density at radius 2 is 2.32 bits per heavy atom. The van der Waals surface area contributed by atoms with Gasteiger partial charge in [0.1, 0.15) is 6.04 Å². The van der Waals surface area contributed by atoms with Crippen LogP contribution in [-0.2, 0) is 4.79 Å². The molecule has 1 unspecified atom stereocenters. The minimum atomic E-state index is -1.12. The highest BCUT2D eigenvalue weighted by atomic mass is 79.9. The third-order valence-corrected chi connectivity index (χ3v) is 3.98. The Balaban J connectivity index is 2.20. The number of aliphatic carboxylic acids is 1. The van der Waals surface area contributed by atoms with Crippen LogP contribution in [0.25, 0.3) is 0 Å². The van der Waals surface area contributed by atoms with Gasteiger partial charge in [0.25, 0.3) is 0 Å². The third-order valence-electron chi connectivity index (χ3n) is 2.28. The van der Waals surface area contributed by atoms with Gasteiger partial charge in [0, 0.05) is 14.9 Å². The van der Waals surface area contributed by atoms with Crippen LogP contribution in [0.2, 0.25) is 5.02 Å². The van der Waals surface area contributed by atoms with E-state index >= 15 is 0 Å². The van der Waals surface area contributed by atoms with Gasteiger partial charge < -0.3 is 16.2 Å². The van der Waals surface area contributed by atoms with Crippen LogP contribution < -0.4 is 11.1 Å². The van der Waals surface area contributed by atoms with Crippen LogP contribution >= 0.6 is 38.9 Å². The molecule has 0 aliphatic heterocycles. The summed E-state index contributed by atoms with van der Waals surface area (Å²) in [6, 6.07) is 4.19. The number of carbonyl (C=O) groups is 1. The highest BCUT2D eigenvalue weighted by Crippen LogP contribution is 2.30.